The lowest BCUT2D eigenvalue weighted by atomic mass is 9.71. The fourth-order valence-corrected chi connectivity index (χ4v) is 6.75. The van der Waals surface area contributed by atoms with Crippen LogP contribution in [0.2, 0.25) is 0 Å². The van der Waals surface area contributed by atoms with Gasteiger partial charge in [-0.15, -0.1) is 0 Å². The Morgan fingerprint density at radius 3 is 2.63 bits per heavy atom. The van der Waals surface area contributed by atoms with Gasteiger partial charge in [-0.2, -0.15) is 0 Å². The molecule has 0 amide bonds. The number of aliphatic hydroxyl groups excluding tert-OH is 1. The zero-order valence-electron chi connectivity index (χ0n) is 17.8. The fourth-order valence-electron chi connectivity index (χ4n) is 6.75. The van der Waals surface area contributed by atoms with Crippen LogP contribution in [-0.4, -0.2) is 27.7 Å². The van der Waals surface area contributed by atoms with E-state index in [9.17, 15) is 5.11 Å². The largest absolute Gasteiger partial charge is 0.390 e. The van der Waals surface area contributed by atoms with Crippen LogP contribution in [0.25, 0.3) is 10.9 Å². The first-order valence-electron chi connectivity index (χ1n) is 11.9. The zero-order valence-corrected chi connectivity index (χ0v) is 17.8. The molecule has 1 N–H and O–H groups in total. The van der Waals surface area contributed by atoms with Crippen molar-refractivity contribution in [1.82, 2.24) is 9.47 Å². The molecule has 1 fully saturated rings. The quantitative estimate of drug-likeness (QED) is 0.608. The summed E-state index contributed by atoms with van der Waals surface area (Å²) in [6, 6.07) is 19.0. The third kappa shape index (κ3) is 2.94. The Kier molecular flexibility index (Phi) is 4.69. The Morgan fingerprint density at radius 2 is 1.77 bits per heavy atom. The fraction of sp³-hybridized carbons (Fsp3) is 0.481. The number of aryl methyl sites for hydroxylation is 1. The van der Waals surface area contributed by atoms with Gasteiger partial charge in [-0.05, 0) is 85.1 Å². The van der Waals surface area contributed by atoms with Crippen molar-refractivity contribution in [3.05, 3.63) is 70.9 Å². The predicted octanol–water partition coefficient (Wildman–Crippen LogP) is 5.73. The van der Waals surface area contributed by atoms with Gasteiger partial charge in [0.2, 0.25) is 0 Å². The second-order valence-electron chi connectivity index (χ2n) is 9.59. The molecule has 0 saturated carbocycles. The average Bonchev–Trinajstić information content (AvgIpc) is 3.19. The van der Waals surface area contributed by atoms with Gasteiger partial charge in [0.15, 0.2) is 0 Å². The van der Waals surface area contributed by atoms with Crippen LogP contribution in [0, 0.1) is 0 Å². The maximum Gasteiger partial charge on any atom is 0.0833 e. The first kappa shape index (κ1) is 18.7. The molecule has 30 heavy (non-hydrogen) atoms. The van der Waals surface area contributed by atoms with Gasteiger partial charge in [-0.1, -0.05) is 36.4 Å². The van der Waals surface area contributed by atoms with E-state index in [1.807, 2.05) is 0 Å². The molecule has 0 radical (unpaired) electrons. The van der Waals surface area contributed by atoms with Crippen LogP contribution in [-0.2, 0) is 13.0 Å². The van der Waals surface area contributed by atoms with E-state index in [1.165, 1.54) is 55.8 Å². The molecule has 0 bridgehead atoms. The molecule has 0 unspecified atom stereocenters. The number of aliphatic hydroxyl groups is 1. The molecule has 1 aromatic heterocycles. The maximum atomic E-state index is 9.96. The molecule has 3 nitrogen and oxygen atoms in total. The molecule has 3 heteroatoms. The lowest BCUT2D eigenvalue weighted by molar-refractivity contribution is 0.117. The van der Waals surface area contributed by atoms with Crippen LogP contribution in [0.4, 0.5) is 0 Å². The smallest absolute Gasteiger partial charge is 0.0833 e. The minimum Gasteiger partial charge on any atom is -0.390 e. The lowest BCUT2D eigenvalue weighted by Gasteiger charge is -2.44. The average molecular weight is 401 g/mol. The number of nitrogens with zero attached hydrogens (tertiary/aromatic N) is 2. The second-order valence-corrected chi connectivity index (χ2v) is 9.59. The molecule has 3 aromatic rings. The van der Waals surface area contributed by atoms with Crippen molar-refractivity contribution in [1.29, 1.82) is 0 Å². The van der Waals surface area contributed by atoms with Gasteiger partial charge in [-0.3, -0.25) is 4.90 Å². The molecule has 2 atom stereocenters. The maximum absolute atomic E-state index is 9.96. The van der Waals surface area contributed by atoms with E-state index in [1.54, 1.807) is 16.7 Å². The number of rotatable bonds is 3. The van der Waals surface area contributed by atoms with Crippen LogP contribution in [0.15, 0.2) is 48.5 Å². The van der Waals surface area contributed by atoms with Gasteiger partial charge in [0.1, 0.15) is 0 Å². The van der Waals surface area contributed by atoms with Crippen molar-refractivity contribution >= 4 is 10.9 Å². The summed E-state index contributed by atoms with van der Waals surface area (Å²) in [4.78, 5) is 2.77. The first-order valence-corrected chi connectivity index (χ1v) is 11.9. The van der Waals surface area contributed by atoms with Crippen LogP contribution in [0.1, 0.15) is 78.9 Å². The minimum absolute atomic E-state index is 0.120. The number of aromatic nitrogens is 1. The number of hydrogen-bond acceptors (Lipinski definition) is 2. The van der Waals surface area contributed by atoms with E-state index in [4.69, 9.17) is 0 Å². The molecule has 6 rings (SSSR count). The van der Waals surface area contributed by atoms with Crippen molar-refractivity contribution in [2.24, 2.45) is 0 Å². The topological polar surface area (TPSA) is 28.4 Å². The molecule has 1 aliphatic heterocycles. The number of hydrogen-bond donors (Lipinski definition) is 1. The van der Waals surface area contributed by atoms with Gasteiger partial charge in [0.25, 0.3) is 0 Å². The third-order valence-electron chi connectivity index (χ3n) is 8.08. The Balaban J connectivity index is 1.25. The predicted molar refractivity (Wildman–Crippen MR) is 122 cm³/mol. The Bertz CT molecular complexity index is 1060. The van der Waals surface area contributed by atoms with Gasteiger partial charge in [0.05, 0.1) is 6.61 Å². The van der Waals surface area contributed by atoms with Crippen LogP contribution < -0.4 is 0 Å². The van der Waals surface area contributed by atoms with E-state index < -0.39 is 0 Å². The molecule has 2 aliphatic carbocycles. The van der Waals surface area contributed by atoms with Crippen LogP contribution >= 0.6 is 0 Å². The third-order valence-corrected chi connectivity index (χ3v) is 8.08. The van der Waals surface area contributed by atoms with Crippen molar-refractivity contribution in [3.63, 3.8) is 0 Å². The van der Waals surface area contributed by atoms with Crippen LogP contribution in [0.3, 0.4) is 0 Å². The molecule has 0 spiro atoms. The van der Waals surface area contributed by atoms with E-state index in [0.717, 1.165) is 24.7 Å². The summed E-state index contributed by atoms with van der Waals surface area (Å²) in [5.74, 6) is 0.817. The van der Waals surface area contributed by atoms with E-state index in [0.29, 0.717) is 12.1 Å². The minimum atomic E-state index is 0.120. The second kappa shape index (κ2) is 7.55. The molecule has 3 aliphatic rings. The van der Waals surface area contributed by atoms with Crippen molar-refractivity contribution in [3.8, 4) is 0 Å². The highest BCUT2D eigenvalue weighted by Gasteiger charge is 2.35. The van der Waals surface area contributed by atoms with Crippen molar-refractivity contribution in [2.45, 2.75) is 69.6 Å². The summed E-state index contributed by atoms with van der Waals surface area (Å²) >= 11 is 0. The summed E-state index contributed by atoms with van der Waals surface area (Å²) in [7, 11) is 0. The molecule has 156 valence electrons. The Labute approximate surface area is 179 Å². The van der Waals surface area contributed by atoms with Gasteiger partial charge in [-0.25, -0.2) is 0 Å². The molecular weight excluding hydrogens is 368 g/mol. The number of para-hydroxylation sites is 1. The Morgan fingerprint density at radius 1 is 0.900 bits per heavy atom. The summed E-state index contributed by atoms with van der Waals surface area (Å²) in [5, 5.41) is 11.2. The number of fused-ring (bicyclic) bond motifs is 1. The number of benzene rings is 2. The lowest BCUT2D eigenvalue weighted by Crippen LogP contribution is -2.39. The molecule has 1 saturated heterocycles. The van der Waals surface area contributed by atoms with E-state index in [-0.39, 0.29) is 6.61 Å². The monoisotopic (exact) mass is 400 g/mol. The highest BCUT2D eigenvalue weighted by Crippen LogP contribution is 2.47. The highest BCUT2D eigenvalue weighted by atomic mass is 16.3. The Hall–Kier alpha value is -2.10. The highest BCUT2D eigenvalue weighted by molar-refractivity contribution is 5.81. The van der Waals surface area contributed by atoms with Crippen molar-refractivity contribution in [2.75, 3.05) is 13.1 Å². The van der Waals surface area contributed by atoms with Gasteiger partial charge < -0.3 is 9.67 Å². The number of likely N-dealkylation sites (tertiary alicyclic amines) is 1. The van der Waals surface area contributed by atoms with Crippen LogP contribution in [0.5, 0.6) is 0 Å². The molecular formula is C27H32N2O. The molecule has 2 heterocycles. The molecule has 2 aromatic carbocycles. The summed E-state index contributed by atoms with van der Waals surface area (Å²) in [6.07, 6.45) is 9.06. The van der Waals surface area contributed by atoms with Crippen molar-refractivity contribution < 1.29 is 5.11 Å². The van der Waals surface area contributed by atoms with E-state index >= 15 is 0 Å². The summed E-state index contributed by atoms with van der Waals surface area (Å²) in [6.45, 7) is 2.43. The van der Waals surface area contributed by atoms with E-state index in [2.05, 4.69) is 58.0 Å². The standard InChI is InChI=1S/C27H32N2O/c30-18-23-17-21-5-1-2-10-25(21)29(23)22-13-15-28(16-14-22)26-12-11-20-7-3-6-19-8-4-9-24(26)27(19)20/h1-2,4-5,8-10,17,20,22,26,30H,3,6-7,11-16,18H2/t20-,26+/m0/s1. The SMILES string of the molecule is OCc1cc2ccccc2n1C1CCN([C@@H]2CC[C@@H]3CCCc4cccc2c43)CC1. The van der Waals surface area contributed by atoms with Gasteiger partial charge in [0, 0.05) is 36.4 Å². The number of piperidine rings is 1. The summed E-state index contributed by atoms with van der Waals surface area (Å²) < 4.78 is 2.42. The van der Waals surface area contributed by atoms with Gasteiger partial charge >= 0.3 is 0 Å². The summed E-state index contributed by atoms with van der Waals surface area (Å²) in [5.41, 5.74) is 7.34. The normalized spacial score (nSPS) is 24.8. The zero-order chi connectivity index (χ0) is 20.1. The first-order chi connectivity index (χ1) is 14.8.